The molecule has 1 aliphatic rings. The molecule has 0 spiro atoms. The molecule has 0 aromatic carbocycles. The van der Waals surface area contributed by atoms with Crippen molar-refractivity contribution in [2.75, 3.05) is 11.4 Å². The first-order chi connectivity index (χ1) is 7.58. The summed E-state index contributed by atoms with van der Waals surface area (Å²) in [6.07, 6.45) is 2.60. The highest BCUT2D eigenvalue weighted by Gasteiger charge is 2.29. The van der Waals surface area contributed by atoms with E-state index in [9.17, 15) is 9.59 Å². The fourth-order valence-corrected chi connectivity index (χ4v) is 1.50. The van der Waals surface area contributed by atoms with Gasteiger partial charge >= 0.3 is 5.97 Å². The molecule has 1 atom stereocenters. The molecule has 0 radical (unpaired) electrons. The number of nitrogens with two attached hydrogens (primary N) is 1. The maximum absolute atomic E-state index is 11.5. The van der Waals surface area contributed by atoms with Gasteiger partial charge in [-0.15, -0.1) is 0 Å². The third kappa shape index (κ3) is 1.84. The van der Waals surface area contributed by atoms with Crippen molar-refractivity contribution in [1.82, 2.24) is 9.97 Å². The van der Waals surface area contributed by atoms with Gasteiger partial charge in [-0.3, -0.25) is 9.69 Å². The third-order valence-corrected chi connectivity index (χ3v) is 2.28. The van der Waals surface area contributed by atoms with Crippen molar-refractivity contribution in [3.05, 3.63) is 18.0 Å². The molecule has 1 amide bonds. The lowest BCUT2D eigenvalue weighted by Gasteiger charge is -2.12. The van der Waals surface area contributed by atoms with Crippen molar-refractivity contribution in [2.45, 2.75) is 12.5 Å². The monoisotopic (exact) mass is 222 g/mol. The molecule has 1 aromatic rings. The standard InChI is InChI=1S/C9H10N4O3/c10-6-1-7(14)13(4-6)9-11-2-5(3-12-9)8(15)16/h2-3,6H,1,4,10H2,(H,15,16). The van der Waals surface area contributed by atoms with Gasteiger partial charge in [0, 0.05) is 31.4 Å². The second-order valence-corrected chi connectivity index (χ2v) is 3.55. The summed E-state index contributed by atoms with van der Waals surface area (Å²) in [5.41, 5.74) is 5.60. The number of hydrogen-bond acceptors (Lipinski definition) is 5. The maximum atomic E-state index is 11.5. The van der Waals surface area contributed by atoms with Gasteiger partial charge < -0.3 is 10.8 Å². The number of carboxylic acid groups (broad SMARTS) is 1. The fraction of sp³-hybridized carbons (Fsp3) is 0.333. The van der Waals surface area contributed by atoms with E-state index in [0.29, 0.717) is 6.54 Å². The lowest BCUT2D eigenvalue weighted by Crippen LogP contribution is -2.29. The highest BCUT2D eigenvalue weighted by molar-refractivity contribution is 5.94. The number of rotatable bonds is 2. The van der Waals surface area contributed by atoms with Crippen LogP contribution in [-0.2, 0) is 4.79 Å². The topological polar surface area (TPSA) is 109 Å². The Morgan fingerprint density at radius 3 is 2.56 bits per heavy atom. The summed E-state index contributed by atoms with van der Waals surface area (Å²) < 4.78 is 0. The summed E-state index contributed by atoms with van der Waals surface area (Å²) in [5, 5.41) is 8.65. The van der Waals surface area contributed by atoms with E-state index in [2.05, 4.69) is 9.97 Å². The lowest BCUT2D eigenvalue weighted by atomic mass is 10.3. The molecule has 7 heteroatoms. The van der Waals surface area contributed by atoms with Gasteiger partial charge in [0.05, 0.1) is 5.56 Å². The van der Waals surface area contributed by atoms with E-state index in [0.717, 1.165) is 0 Å². The number of aromatic nitrogens is 2. The third-order valence-electron chi connectivity index (χ3n) is 2.28. The molecule has 84 valence electrons. The zero-order chi connectivity index (χ0) is 11.7. The number of hydrogen-bond donors (Lipinski definition) is 2. The van der Waals surface area contributed by atoms with Crippen molar-refractivity contribution in [2.24, 2.45) is 5.73 Å². The van der Waals surface area contributed by atoms with E-state index in [4.69, 9.17) is 10.8 Å². The molecule has 1 saturated heterocycles. The normalized spacial score (nSPS) is 20.2. The van der Waals surface area contributed by atoms with E-state index in [-0.39, 0.29) is 29.9 Å². The second-order valence-electron chi connectivity index (χ2n) is 3.55. The largest absolute Gasteiger partial charge is 0.478 e. The van der Waals surface area contributed by atoms with E-state index in [1.54, 1.807) is 0 Å². The molecule has 1 unspecified atom stereocenters. The summed E-state index contributed by atoms with van der Waals surface area (Å²) in [6.45, 7) is 0.366. The first kappa shape index (κ1) is 10.5. The lowest BCUT2D eigenvalue weighted by molar-refractivity contribution is -0.117. The van der Waals surface area contributed by atoms with Crippen molar-refractivity contribution < 1.29 is 14.7 Å². The Bertz CT molecular complexity index is 431. The molecule has 0 saturated carbocycles. The summed E-state index contributed by atoms with van der Waals surface area (Å²) in [7, 11) is 0. The molecular weight excluding hydrogens is 212 g/mol. The van der Waals surface area contributed by atoms with Gasteiger partial charge in [-0.1, -0.05) is 0 Å². The van der Waals surface area contributed by atoms with E-state index >= 15 is 0 Å². The summed E-state index contributed by atoms with van der Waals surface area (Å²) in [6, 6.07) is -0.213. The number of carbonyl (C=O) groups excluding carboxylic acids is 1. The fourth-order valence-electron chi connectivity index (χ4n) is 1.50. The Morgan fingerprint density at radius 2 is 2.12 bits per heavy atom. The van der Waals surface area contributed by atoms with Crippen LogP contribution in [0.1, 0.15) is 16.8 Å². The quantitative estimate of drug-likeness (QED) is 0.680. The van der Waals surface area contributed by atoms with Crippen LogP contribution in [0.3, 0.4) is 0 Å². The van der Waals surface area contributed by atoms with Gasteiger partial charge in [0.1, 0.15) is 0 Å². The van der Waals surface area contributed by atoms with E-state index in [1.165, 1.54) is 17.3 Å². The van der Waals surface area contributed by atoms with Crippen LogP contribution in [0.25, 0.3) is 0 Å². The molecule has 2 rings (SSSR count). The van der Waals surface area contributed by atoms with Gasteiger partial charge in [-0.05, 0) is 0 Å². The van der Waals surface area contributed by atoms with Gasteiger partial charge in [-0.2, -0.15) is 0 Å². The van der Waals surface area contributed by atoms with Crippen LogP contribution in [0, 0.1) is 0 Å². The van der Waals surface area contributed by atoms with Crippen molar-refractivity contribution in [3.8, 4) is 0 Å². The number of amides is 1. The number of nitrogens with zero attached hydrogens (tertiary/aromatic N) is 3. The van der Waals surface area contributed by atoms with Gasteiger partial charge in [0.15, 0.2) is 0 Å². The number of carboxylic acids is 1. The molecule has 0 bridgehead atoms. The Balaban J connectivity index is 2.22. The Hall–Kier alpha value is -2.02. The minimum atomic E-state index is -1.10. The highest BCUT2D eigenvalue weighted by atomic mass is 16.4. The number of carbonyl (C=O) groups is 2. The van der Waals surface area contributed by atoms with Crippen LogP contribution in [-0.4, -0.2) is 39.5 Å². The average molecular weight is 222 g/mol. The van der Waals surface area contributed by atoms with E-state index < -0.39 is 5.97 Å². The molecule has 1 fully saturated rings. The Morgan fingerprint density at radius 1 is 1.50 bits per heavy atom. The van der Waals surface area contributed by atoms with Crippen LogP contribution in [0.15, 0.2) is 12.4 Å². The van der Waals surface area contributed by atoms with Crippen molar-refractivity contribution in [3.63, 3.8) is 0 Å². The SMILES string of the molecule is NC1CC(=O)N(c2ncc(C(=O)O)cn2)C1. The van der Waals surface area contributed by atoms with Crippen LogP contribution in [0.2, 0.25) is 0 Å². The van der Waals surface area contributed by atoms with Crippen molar-refractivity contribution in [1.29, 1.82) is 0 Å². The summed E-state index contributed by atoms with van der Waals surface area (Å²) in [4.78, 5) is 31.0. The molecule has 0 aliphatic carbocycles. The Labute approximate surface area is 90.9 Å². The van der Waals surface area contributed by atoms with Crippen LogP contribution < -0.4 is 10.6 Å². The molecule has 3 N–H and O–H groups in total. The average Bonchev–Trinajstić information content (AvgIpc) is 2.58. The number of aromatic carboxylic acids is 1. The Kier molecular flexibility index (Phi) is 2.53. The highest BCUT2D eigenvalue weighted by Crippen LogP contribution is 2.15. The molecule has 7 nitrogen and oxygen atoms in total. The molecule has 1 aromatic heterocycles. The first-order valence-corrected chi connectivity index (χ1v) is 4.69. The molecular formula is C9H10N4O3. The van der Waals surface area contributed by atoms with Crippen LogP contribution >= 0.6 is 0 Å². The van der Waals surface area contributed by atoms with Gasteiger partial charge in [0.2, 0.25) is 11.9 Å². The zero-order valence-electron chi connectivity index (χ0n) is 8.33. The smallest absolute Gasteiger partial charge is 0.338 e. The minimum absolute atomic E-state index is 0.0142. The van der Waals surface area contributed by atoms with Crippen LogP contribution in [0.4, 0.5) is 5.95 Å². The van der Waals surface area contributed by atoms with Crippen LogP contribution in [0.5, 0.6) is 0 Å². The minimum Gasteiger partial charge on any atom is -0.478 e. The van der Waals surface area contributed by atoms with Gasteiger partial charge in [0.25, 0.3) is 0 Å². The molecule has 16 heavy (non-hydrogen) atoms. The molecule has 2 heterocycles. The van der Waals surface area contributed by atoms with Gasteiger partial charge in [-0.25, -0.2) is 14.8 Å². The van der Waals surface area contributed by atoms with E-state index in [1.807, 2.05) is 0 Å². The number of anilines is 1. The maximum Gasteiger partial charge on any atom is 0.338 e. The summed E-state index contributed by atoms with van der Waals surface area (Å²) in [5.74, 6) is -1.05. The molecule has 1 aliphatic heterocycles. The van der Waals surface area contributed by atoms with Crippen molar-refractivity contribution >= 4 is 17.8 Å². The zero-order valence-corrected chi connectivity index (χ0v) is 8.33. The predicted molar refractivity (Wildman–Crippen MR) is 53.9 cm³/mol. The predicted octanol–water partition coefficient (Wildman–Crippen LogP) is -0.761. The first-order valence-electron chi connectivity index (χ1n) is 4.69. The second kappa shape index (κ2) is 3.86. The summed E-state index contributed by atoms with van der Waals surface area (Å²) >= 11 is 0.